The molecular weight excluding hydrogens is 270 g/mol. The third-order valence-electron chi connectivity index (χ3n) is 3.11. The molecule has 7 nitrogen and oxygen atoms in total. The zero-order valence-corrected chi connectivity index (χ0v) is 13.4. The van der Waals surface area contributed by atoms with Crippen LogP contribution >= 0.6 is 0 Å². The molecule has 1 aromatic rings. The van der Waals surface area contributed by atoms with Crippen molar-refractivity contribution >= 4 is 5.84 Å². The highest BCUT2D eigenvalue weighted by atomic mass is 16.5. The van der Waals surface area contributed by atoms with E-state index in [0.29, 0.717) is 30.1 Å². The SMILES string of the molecule is Cc1cc(/C(N)=N/O)nc(OCCN(C(C)C)C(C)C)n1. The lowest BCUT2D eigenvalue weighted by Gasteiger charge is -2.30. The van der Waals surface area contributed by atoms with Gasteiger partial charge in [-0.1, -0.05) is 5.16 Å². The van der Waals surface area contributed by atoms with Crippen LogP contribution in [0.5, 0.6) is 6.01 Å². The van der Waals surface area contributed by atoms with Gasteiger partial charge in [-0.15, -0.1) is 0 Å². The number of amidine groups is 1. The molecule has 3 N–H and O–H groups in total. The van der Waals surface area contributed by atoms with Crippen LogP contribution < -0.4 is 10.5 Å². The maximum absolute atomic E-state index is 8.70. The quantitative estimate of drug-likeness (QED) is 0.341. The van der Waals surface area contributed by atoms with Crippen molar-refractivity contribution in [1.29, 1.82) is 0 Å². The maximum atomic E-state index is 8.70. The van der Waals surface area contributed by atoms with E-state index in [9.17, 15) is 0 Å². The lowest BCUT2D eigenvalue weighted by molar-refractivity contribution is 0.138. The standard InChI is InChI=1S/C14H25N5O2/c1-9(2)19(10(3)4)6-7-21-14-16-11(5)8-12(17-14)13(15)18-20/h8-10,20H,6-7H2,1-5H3,(H2,15,18). The van der Waals surface area contributed by atoms with Crippen LogP contribution in [0.2, 0.25) is 0 Å². The molecule has 118 valence electrons. The lowest BCUT2D eigenvalue weighted by atomic mass is 10.2. The van der Waals surface area contributed by atoms with Crippen LogP contribution in [0.25, 0.3) is 0 Å². The van der Waals surface area contributed by atoms with Gasteiger partial charge in [0.25, 0.3) is 0 Å². The van der Waals surface area contributed by atoms with Crippen LogP contribution in [0.15, 0.2) is 11.2 Å². The Bertz CT molecular complexity index is 480. The molecule has 0 saturated carbocycles. The van der Waals surface area contributed by atoms with Crippen molar-refractivity contribution in [2.75, 3.05) is 13.2 Å². The third-order valence-corrected chi connectivity index (χ3v) is 3.11. The molecule has 1 aromatic heterocycles. The van der Waals surface area contributed by atoms with Gasteiger partial charge < -0.3 is 15.7 Å². The number of aromatic nitrogens is 2. The first kappa shape index (κ1) is 17.2. The van der Waals surface area contributed by atoms with E-state index < -0.39 is 0 Å². The van der Waals surface area contributed by atoms with Gasteiger partial charge in [0, 0.05) is 24.3 Å². The van der Waals surface area contributed by atoms with Crippen LogP contribution in [0.4, 0.5) is 0 Å². The molecule has 0 radical (unpaired) electrons. The van der Waals surface area contributed by atoms with Gasteiger partial charge in [-0.25, -0.2) is 4.98 Å². The molecule has 21 heavy (non-hydrogen) atoms. The number of hydrogen-bond acceptors (Lipinski definition) is 6. The van der Waals surface area contributed by atoms with Crippen molar-refractivity contribution in [3.05, 3.63) is 17.5 Å². The molecule has 0 aliphatic carbocycles. The molecule has 0 unspecified atom stereocenters. The predicted octanol–water partition coefficient (Wildman–Crippen LogP) is 1.38. The molecule has 7 heteroatoms. The van der Waals surface area contributed by atoms with Gasteiger partial charge in [0.15, 0.2) is 5.84 Å². The molecule has 0 spiro atoms. The van der Waals surface area contributed by atoms with Crippen molar-refractivity contribution in [2.24, 2.45) is 10.9 Å². The van der Waals surface area contributed by atoms with E-state index in [1.54, 1.807) is 13.0 Å². The first-order valence-electron chi connectivity index (χ1n) is 7.07. The van der Waals surface area contributed by atoms with Crippen LogP contribution in [-0.4, -0.2) is 51.1 Å². The number of nitrogens with zero attached hydrogens (tertiary/aromatic N) is 4. The minimum absolute atomic E-state index is 0.0589. The molecule has 0 saturated heterocycles. The van der Waals surface area contributed by atoms with E-state index in [4.69, 9.17) is 15.7 Å². The van der Waals surface area contributed by atoms with Crippen molar-refractivity contribution < 1.29 is 9.94 Å². The zero-order valence-electron chi connectivity index (χ0n) is 13.4. The van der Waals surface area contributed by atoms with Gasteiger partial charge >= 0.3 is 6.01 Å². The fraction of sp³-hybridized carbons (Fsp3) is 0.643. The second-order valence-electron chi connectivity index (χ2n) is 5.44. The lowest BCUT2D eigenvalue weighted by Crippen LogP contribution is -2.39. The van der Waals surface area contributed by atoms with Gasteiger partial charge in [0.2, 0.25) is 0 Å². The summed E-state index contributed by atoms with van der Waals surface area (Å²) >= 11 is 0. The van der Waals surface area contributed by atoms with E-state index in [1.165, 1.54) is 0 Å². The van der Waals surface area contributed by atoms with Crippen molar-refractivity contribution in [1.82, 2.24) is 14.9 Å². The Kier molecular flexibility index (Phi) is 6.36. The fourth-order valence-electron chi connectivity index (χ4n) is 2.14. The van der Waals surface area contributed by atoms with Crippen LogP contribution in [0, 0.1) is 6.92 Å². The molecule has 0 amide bonds. The molecule has 0 atom stereocenters. The first-order chi connectivity index (χ1) is 9.85. The summed E-state index contributed by atoms with van der Waals surface area (Å²) in [6.07, 6.45) is 0. The number of nitrogens with two attached hydrogens (primary N) is 1. The van der Waals surface area contributed by atoms with Gasteiger partial charge in [-0.3, -0.25) is 4.90 Å². The van der Waals surface area contributed by atoms with E-state index in [1.807, 2.05) is 0 Å². The van der Waals surface area contributed by atoms with Crippen LogP contribution in [0.3, 0.4) is 0 Å². The smallest absolute Gasteiger partial charge is 0.317 e. The highest BCUT2D eigenvalue weighted by Gasteiger charge is 2.13. The molecule has 1 heterocycles. The molecule has 0 aliphatic rings. The van der Waals surface area contributed by atoms with Gasteiger partial charge in [0.1, 0.15) is 12.3 Å². The summed E-state index contributed by atoms with van der Waals surface area (Å²) in [6.45, 7) is 11.7. The highest BCUT2D eigenvalue weighted by Crippen LogP contribution is 2.08. The second kappa shape index (κ2) is 7.78. The monoisotopic (exact) mass is 295 g/mol. The number of aryl methyl sites for hydroxylation is 1. The minimum Gasteiger partial charge on any atom is -0.462 e. The number of oxime groups is 1. The van der Waals surface area contributed by atoms with Crippen LogP contribution in [-0.2, 0) is 0 Å². The summed E-state index contributed by atoms with van der Waals surface area (Å²) in [7, 11) is 0. The Labute approximate surface area is 125 Å². The molecule has 0 aliphatic heterocycles. The fourth-order valence-corrected chi connectivity index (χ4v) is 2.14. The average molecular weight is 295 g/mol. The molecule has 0 bridgehead atoms. The molecule has 0 aromatic carbocycles. The van der Waals surface area contributed by atoms with Gasteiger partial charge in [0.05, 0.1) is 0 Å². The molecule has 1 rings (SSSR count). The summed E-state index contributed by atoms with van der Waals surface area (Å²) in [5.41, 5.74) is 6.59. The van der Waals surface area contributed by atoms with Gasteiger partial charge in [-0.05, 0) is 40.7 Å². The second-order valence-corrected chi connectivity index (χ2v) is 5.44. The summed E-state index contributed by atoms with van der Waals surface area (Å²) in [5.74, 6) is -0.0589. The summed E-state index contributed by atoms with van der Waals surface area (Å²) in [4.78, 5) is 10.6. The maximum Gasteiger partial charge on any atom is 0.317 e. The highest BCUT2D eigenvalue weighted by molar-refractivity contribution is 5.95. The average Bonchev–Trinajstić information content (AvgIpc) is 2.41. The van der Waals surface area contributed by atoms with E-state index in [2.05, 4.69) is 47.7 Å². The number of hydrogen-bond donors (Lipinski definition) is 2. The molecule has 0 fully saturated rings. The van der Waals surface area contributed by atoms with E-state index >= 15 is 0 Å². The largest absolute Gasteiger partial charge is 0.462 e. The minimum atomic E-state index is -0.0589. The van der Waals surface area contributed by atoms with Gasteiger partial charge in [-0.2, -0.15) is 4.98 Å². The Hall–Kier alpha value is -1.89. The molecular formula is C14H25N5O2. The van der Waals surface area contributed by atoms with E-state index in [-0.39, 0.29) is 11.8 Å². The normalized spacial score (nSPS) is 12.5. The van der Waals surface area contributed by atoms with Crippen molar-refractivity contribution in [3.8, 4) is 6.01 Å². The van der Waals surface area contributed by atoms with Crippen molar-refractivity contribution in [3.63, 3.8) is 0 Å². The summed E-state index contributed by atoms with van der Waals surface area (Å²) in [5, 5.41) is 11.6. The van der Waals surface area contributed by atoms with E-state index in [0.717, 1.165) is 6.54 Å². The predicted molar refractivity (Wildman–Crippen MR) is 81.8 cm³/mol. The van der Waals surface area contributed by atoms with Crippen molar-refractivity contribution in [2.45, 2.75) is 46.7 Å². The third kappa shape index (κ3) is 5.18. The summed E-state index contributed by atoms with van der Waals surface area (Å²) in [6, 6.07) is 2.76. The Balaban J connectivity index is 2.69. The summed E-state index contributed by atoms with van der Waals surface area (Å²) < 4.78 is 5.60. The Morgan fingerprint density at radius 2 is 1.95 bits per heavy atom. The zero-order chi connectivity index (χ0) is 16.0. The first-order valence-corrected chi connectivity index (χ1v) is 7.07. The van der Waals surface area contributed by atoms with Crippen LogP contribution in [0.1, 0.15) is 39.1 Å². The number of ether oxygens (including phenoxy) is 1. The Morgan fingerprint density at radius 1 is 1.33 bits per heavy atom. The topological polar surface area (TPSA) is 96.9 Å². The Morgan fingerprint density at radius 3 is 2.48 bits per heavy atom. The number of rotatable bonds is 7.